The summed E-state index contributed by atoms with van der Waals surface area (Å²) in [6, 6.07) is 10.1. The molecule has 4 N–H and O–H groups in total. The van der Waals surface area contributed by atoms with Crippen LogP contribution in [0.5, 0.6) is 11.5 Å². The highest BCUT2D eigenvalue weighted by atomic mass is 16.6. The number of nitro groups is 1. The van der Waals surface area contributed by atoms with E-state index in [1.165, 1.54) is 37.6 Å². The second-order valence-corrected chi connectivity index (χ2v) is 6.57. The normalized spacial score (nSPS) is 11.0. The smallest absolute Gasteiger partial charge is 0.294 e. The summed E-state index contributed by atoms with van der Waals surface area (Å²) in [5, 5.41) is 39.9. The van der Waals surface area contributed by atoms with Gasteiger partial charge in [-0.2, -0.15) is 9.78 Å². The zero-order chi connectivity index (χ0) is 24.2. The third-order valence-corrected chi connectivity index (χ3v) is 4.55. The molecule has 4 aromatic rings. The first-order valence-corrected chi connectivity index (χ1v) is 9.39. The third-order valence-electron chi connectivity index (χ3n) is 4.55. The van der Waals surface area contributed by atoms with Crippen LogP contribution in [-0.2, 0) is 0 Å². The summed E-state index contributed by atoms with van der Waals surface area (Å²) in [5.41, 5.74) is 8.43. The number of phenolic OH excluding ortho intramolecular Hbond substituents is 1. The monoisotopic (exact) mass is 465 g/mol. The van der Waals surface area contributed by atoms with Crippen LogP contribution >= 0.6 is 0 Å². The van der Waals surface area contributed by atoms with Gasteiger partial charge >= 0.3 is 0 Å². The maximum absolute atomic E-state index is 12.9. The van der Waals surface area contributed by atoms with E-state index in [1.807, 2.05) is 0 Å². The Morgan fingerprint density at radius 1 is 1.29 bits per heavy atom. The topological polar surface area (TPSA) is 210 Å². The van der Waals surface area contributed by atoms with Gasteiger partial charge in [0.15, 0.2) is 17.2 Å². The fraction of sp³-hybridized carbons (Fsp3) is 0.0526. The molecule has 0 fully saturated rings. The summed E-state index contributed by atoms with van der Waals surface area (Å²) in [6.45, 7) is 0. The minimum atomic E-state index is -0.770. The molecule has 2 aromatic heterocycles. The van der Waals surface area contributed by atoms with Crippen LogP contribution < -0.4 is 15.9 Å². The zero-order valence-electron chi connectivity index (χ0n) is 17.3. The summed E-state index contributed by atoms with van der Waals surface area (Å²) in [7, 11) is 1.40. The average Bonchev–Trinajstić information content (AvgIpc) is 3.46. The Morgan fingerprint density at radius 3 is 2.71 bits per heavy atom. The molecule has 0 saturated carbocycles. The van der Waals surface area contributed by atoms with Crippen molar-refractivity contribution in [2.45, 2.75) is 0 Å². The number of benzene rings is 2. The van der Waals surface area contributed by atoms with Gasteiger partial charge in [0, 0.05) is 23.3 Å². The fourth-order valence-electron chi connectivity index (χ4n) is 2.94. The van der Waals surface area contributed by atoms with Gasteiger partial charge in [0.1, 0.15) is 5.69 Å². The first-order chi connectivity index (χ1) is 16.4. The highest BCUT2D eigenvalue weighted by molar-refractivity contribution is 5.99. The summed E-state index contributed by atoms with van der Waals surface area (Å²) in [4.78, 5) is 23.3. The molecule has 0 atom stereocenters. The lowest BCUT2D eigenvalue weighted by atomic mass is 10.1. The number of hydrazone groups is 1. The van der Waals surface area contributed by atoms with Crippen LogP contribution in [0, 0.1) is 10.1 Å². The van der Waals surface area contributed by atoms with Crippen LogP contribution in [0.1, 0.15) is 16.1 Å². The molecule has 0 unspecified atom stereocenters. The first kappa shape index (κ1) is 21.9. The number of aromatic nitrogens is 5. The van der Waals surface area contributed by atoms with Crippen molar-refractivity contribution in [2.24, 2.45) is 5.10 Å². The molecule has 172 valence electrons. The van der Waals surface area contributed by atoms with E-state index in [2.05, 4.69) is 35.8 Å². The Bertz CT molecular complexity index is 1390. The first-order valence-electron chi connectivity index (χ1n) is 9.39. The summed E-state index contributed by atoms with van der Waals surface area (Å²) in [6.07, 6.45) is 1.21. The van der Waals surface area contributed by atoms with E-state index in [0.29, 0.717) is 11.1 Å². The second kappa shape index (κ2) is 9.03. The Kier molecular flexibility index (Phi) is 5.81. The molecule has 4 rings (SSSR count). The molecule has 15 nitrogen and oxygen atoms in total. The van der Waals surface area contributed by atoms with Crippen LogP contribution in [0.4, 0.5) is 11.5 Å². The van der Waals surface area contributed by atoms with Gasteiger partial charge in [-0.3, -0.25) is 14.9 Å². The van der Waals surface area contributed by atoms with Crippen molar-refractivity contribution in [3.05, 3.63) is 63.8 Å². The molecule has 2 heterocycles. The van der Waals surface area contributed by atoms with E-state index in [1.54, 1.807) is 18.2 Å². The van der Waals surface area contributed by atoms with Gasteiger partial charge in [-0.1, -0.05) is 11.3 Å². The summed E-state index contributed by atoms with van der Waals surface area (Å²) in [5.74, 6) is -0.850. The highest BCUT2D eigenvalue weighted by Crippen LogP contribution is 2.29. The predicted molar refractivity (Wildman–Crippen MR) is 115 cm³/mol. The van der Waals surface area contributed by atoms with E-state index in [4.69, 9.17) is 10.5 Å². The minimum Gasteiger partial charge on any atom is -0.504 e. The van der Waals surface area contributed by atoms with Crippen LogP contribution in [0.15, 0.2) is 52.2 Å². The molecule has 0 spiro atoms. The molecule has 0 radical (unpaired) electrons. The molecule has 15 heteroatoms. The number of rotatable bonds is 7. The lowest BCUT2D eigenvalue weighted by Crippen LogP contribution is -2.19. The predicted octanol–water partition coefficient (Wildman–Crippen LogP) is 1.29. The van der Waals surface area contributed by atoms with Gasteiger partial charge < -0.3 is 15.6 Å². The number of hydrogen-bond donors (Lipinski definition) is 3. The van der Waals surface area contributed by atoms with Crippen molar-refractivity contribution in [1.29, 1.82) is 0 Å². The van der Waals surface area contributed by atoms with Gasteiger partial charge in [0.05, 0.1) is 18.2 Å². The maximum atomic E-state index is 12.9. The number of phenols is 1. The minimum absolute atomic E-state index is 0.0373. The maximum Gasteiger partial charge on any atom is 0.294 e. The Morgan fingerprint density at radius 2 is 2.06 bits per heavy atom. The molecular weight excluding hydrogens is 450 g/mol. The molecule has 0 saturated heterocycles. The van der Waals surface area contributed by atoms with Crippen LogP contribution in [-0.4, -0.2) is 54.6 Å². The van der Waals surface area contributed by atoms with Gasteiger partial charge in [-0.05, 0) is 34.6 Å². The third kappa shape index (κ3) is 4.07. The van der Waals surface area contributed by atoms with Crippen molar-refractivity contribution < 1.29 is 24.2 Å². The summed E-state index contributed by atoms with van der Waals surface area (Å²) >= 11 is 0. The Labute approximate surface area is 189 Å². The lowest BCUT2D eigenvalue weighted by Gasteiger charge is -2.06. The van der Waals surface area contributed by atoms with Crippen LogP contribution in [0.3, 0.4) is 0 Å². The number of nitrogens with two attached hydrogens (primary N) is 1. The van der Waals surface area contributed by atoms with Crippen LogP contribution in [0.2, 0.25) is 0 Å². The number of nitrogens with one attached hydrogen (secondary N) is 1. The number of aromatic hydroxyl groups is 1. The number of nitrogen functional groups attached to an aromatic ring is 1. The molecular formula is C19H15N9O6. The number of anilines is 1. The van der Waals surface area contributed by atoms with E-state index in [-0.39, 0.29) is 40.2 Å². The average molecular weight is 465 g/mol. The summed E-state index contributed by atoms with van der Waals surface area (Å²) < 4.78 is 10.7. The molecule has 1 amide bonds. The van der Waals surface area contributed by atoms with Crippen molar-refractivity contribution >= 4 is 23.6 Å². The lowest BCUT2D eigenvalue weighted by molar-refractivity contribution is -0.384. The molecule has 0 aliphatic carbocycles. The number of amides is 1. The van der Waals surface area contributed by atoms with Crippen molar-refractivity contribution in [1.82, 2.24) is 30.7 Å². The van der Waals surface area contributed by atoms with Gasteiger partial charge in [-0.15, -0.1) is 5.10 Å². The largest absolute Gasteiger partial charge is 0.504 e. The number of hydrogen-bond acceptors (Lipinski definition) is 12. The quantitative estimate of drug-likeness (QED) is 0.201. The van der Waals surface area contributed by atoms with Crippen molar-refractivity contribution in [3.63, 3.8) is 0 Å². The number of ether oxygens (including phenoxy) is 1. The van der Waals surface area contributed by atoms with Gasteiger partial charge in [0.2, 0.25) is 11.6 Å². The number of nitrogens with zero attached hydrogens (tertiary/aromatic N) is 7. The van der Waals surface area contributed by atoms with Gasteiger partial charge in [-0.25, -0.2) is 10.1 Å². The Balaban J connectivity index is 1.69. The number of carbonyl (C=O) groups is 1. The molecule has 0 aliphatic heterocycles. The van der Waals surface area contributed by atoms with Crippen molar-refractivity contribution in [2.75, 3.05) is 12.8 Å². The van der Waals surface area contributed by atoms with E-state index in [9.17, 15) is 20.0 Å². The fourth-order valence-corrected chi connectivity index (χ4v) is 2.94. The number of para-hydroxylation sites is 1. The molecule has 2 aromatic carbocycles. The van der Waals surface area contributed by atoms with E-state index in [0.717, 1.165) is 4.68 Å². The molecule has 0 bridgehead atoms. The van der Waals surface area contributed by atoms with Crippen molar-refractivity contribution in [3.8, 4) is 28.6 Å². The number of nitro benzene ring substituents is 1. The molecule has 0 aliphatic rings. The number of methoxy groups -OCH3 is 1. The van der Waals surface area contributed by atoms with E-state index >= 15 is 0 Å². The van der Waals surface area contributed by atoms with Gasteiger partial charge in [0.25, 0.3) is 11.6 Å². The SMILES string of the molecule is COc1cccc(/C=N/NC(=O)c2nnn(-c3nonc3N)c2-c2ccc([N+](=O)[O-])cc2)c1O. The van der Waals surface area contributed by atoms with E-state index < -0.39 is 10.8 Å². The number of non-ortho nitro benzene ring substituents is 1. The zero-order valence-corrected chi connectivity index (χ0v) is 17.3. The highest BCUT2D eigenvalue weighted by Gasteiger charge is 2.25. The standard InChI is InChI=1S/C19H15N9O6/c1-33-13-4-2-3-11(16(13)29)9-21-23-19(30)14-15(10-5-7-12(8-6-10)28(31)32)27(26-22-14)18-17(20)24-34-25-18/h2-9,29H,1H3,(H2,20,24)(H,23,30)/b21-9+. The van der Waals surface area contributed by atoms with Crippen LogP contribution in [0.25, 0.3) is 17.1 Å². The molecule has 34 heavy (non-hydrogen) atoms. The number of carbonyl (C=O) groups excluding carboxylic acids is 1. The second-order valence-electron chi connectivity index (χ2n) is 6.57. The Hall–Kier alpha value is -5.34.